The lowest BCUT2D eigenvalue weighted by molar-refractivity contribution is -0.914. The summed E-state index contributed by atoms with van der Waals surface area (Å²) in [4.78, 5) is 0. The van der Waals surface area contributed by atoms with Crippen molar-refractivity contribution in [2.45, 2.75) is 51.9 Å². The number of piperidine rings is 1. The van der Waals surface area contributed by atoms with Crippen LogP contribution in [0.4, 0.5) is 0 Å². The van der Waals surface area contributed by atoms with E-state index in [4.69, 9.17) is 17.0 Å². The van der Waals surface area contributed by atoms with Crippen molar-refractivity contribution in [2.75, 3.05) is 39.0 Å². The molecule has 0 aromatic heterocycles. The molecule has 0 radical (unpaired) electrons. The first-order valence-corrected chi connectivity index (χ1v) is 9.19. The summed E-state index contributed by atoms with van der Waals surface area (Å²) in [5.74, 6) is 1.11. The lowest BCUT2D eigenvalue weighted by Crippen LogP contribution is -2.48. The Hall–Kier alpha value is 0.200. The van der Waals surface area contributed by atoms with Gasteiger partial charge in [0, 0.05) is 12.2 Å². The van der Waals surface area contributed by atoms with Crippen molar-refractivity contribution in [3.05, 3.63) is 0 Å². The maximum atomic E-state index is 5.55. The highest BCUT2D eigenvalue weighted by Gasteiger charge is 2.23. The normalized spacial score (nSPS) is 18.2. The van der Waals surface area contributed by atoms with Gasteiger partial charge in [-0.3, -0.25) is 0 Å². The van der Waals surface area contributed by atoms with E-state index < -0.39 is 0 Å². The molecule has 0 spiro atoms. The Morgan fingerprint density at radius 3 is 2.58 bits per heavy atom. The van der Waals surface area contributed by atoms with Gasteiger partial charge in [0.25, 0.3) is 0 Å². The second kappa shape index (κ2) is 10.0. The van der Waals surface area contributed by atoms with Crippen molar-refractivity contribution in [1.29, 1.82) is 0 Å². The van der Waals surface area contributed by atoms with Crippen LogP contribution < -0.4 is 0 Å². The predicted octanol–water partition coefficient (Wildman–Crippen LogP) is 4.23. The number of ether oxygens (including phenoxy) is 1. The van der Waals surface area contributed by atoms with Crippen LogP contribution in [0.5, 0.6) is 0 Å². The summed E-state index contributed by atoms with van der Waals surface area (Å²) in [6, 6.07) is 0. The van der Waals surface area contributed by atoms with Crippen LogP contribution in [0.3, 0.4) is 0 Å². The molecule has 1 rings (SSSR count). The number of hydrogen-bond acceptors (Lipinski definition) is 3. The van der Waals surface area contributed by atoms with Gasteiger partial charge in [-0.1, -0.05) is 31.5 Å². The molecule has 1 aliphatic heterocycles. The van der Waals surface area contributed by atoms with E-state index in [9.17, 15) is 0 Å². The predicted molar refractivity (Wildman–Crippen MR) is 89.8 cm³/mol. The zero-order chi connectivity index (χ0) is 14.0. The van der Waals surface area contributed by atoms with Crippen molar-refractivity contribution in [3.8, 4) is 0 Å². The van der Waals surface area contributed by atoms with Crippen LogP contribution in [0.25, 0.3) is 0 Å². The van der Waals surface area contributed by atoms with Crippen LogP contribution >= 0.6 is 24.0 Å². The number of unbranched alkanes of at least 4 members (excludes halogenated alkanes) is 2. The summed E-state index contributed by atoms with van der Waals surface area (Å²) in [7, 11) is 2.41. The number of thioether (sulfide) groups is 1. The molecule has 0 aromatic rings. The zero-order valence-corrected chi connectivity index (χ0v) is 14.3. The van der Waals surface area contributed by atoms with Crippen LogP contribution in [0.1, 0.15) is 51.9 Å². The average molecular weight is 305 g/mol. The molecule has 1 fully saturated rings. The minimum atomic E-state index is 0.748. The molecule has 0 unspecified atom stereocenters. The highest BCUT2D eigenvalue weighted by atomic mass is 32.2. The highest BCUT2D eigenvalue weighted by molar-refractivity contribution is 8.22. The minimum absolute atomic E-state index is 0.748. The van der Waals surface area contributed by atoms with Crippen LogP contribution in [-0.2, 0) is 4.74 Å². The van der Waals surface area contributed by atoms with E-state index in [0.29, 0.717) is 0 Å². The van der Waals surface area contributed by atoms with Crippen molar-refractivity contribution >= 4 is 28.4 Å². The third-order valence-corrected chi connectivity index (χ3v) is 5.24. The van der Waals surface area contributed by atoms with E-state index in [1.54, 1.807) is 11.8 Å². The number of likely N-dealkylation sites (tertiary alicyclic amines) is 1. The molecule has 0 amide bonds. The molecule has 19 heavy (non-hydrogen) atoms. The van der Waals surface area contributed by atoms with Crippen LogP contribution in [0, 0.1) is 0 Å². The molecule has 0 saturated carbocycles. The second-order valence-corrected chi connectivity index (χ2v) is 7.56. The molecular formula is C15H30NOS2+. The standard InChI is InChI=1S/C15H30NOS2/c1-3-4-8-13-17-15(18)19-14-9-12-16(2)10-6-5-7-11-16/h3-14H2,1-2H3/q+1. The molecule has 0 atom stereocenters. The van der Waals surface area contributed by atoms with Crippen molar-refractivity contribution in [3.63, 3.8) is 0 Å². The van der Waals surface area contributed by atoms with E-state index in [1.807, 2.05) is 0 Å². The molecule has 0 aromatic carbocycles. The fraction of sp³-hybridized carbons (Fsp3) is 0.933. The van der Waals surface area contributed by atoms with Crippen molar-refractivity contribution < 1.29 is 9.22 Å². The van der Waals surface area contributed by atoms with Crippen molar-refractivity contribution in [1.82, 2.24) is 0 Å². The quantitative estimate of drug-likeness (QED) is 0.377. The smallest absolute Gasteiger partial charge is 0.219 e. The molecule has 1 saturated heterocycles. The Balaban J connectivity index is 1.99. The molecule has 0 N–H and O–H groups in total. The lowest BCUT2D eigenvalue weighted by atomic mass is 10.1. The minimum Gasteiger partial charge on any atom is -0.479 e. The van der Waals surface area contributed by atoms with Gasteiger partial charge in [-0.25, -0.2) is 0 Å². The number of rotatable bonds is 8. The SMILES string of the molecule is CCCCCOC(=S)SCCC[N+]1(C)CCCCC1. The Labute approximate surface area is 128 Å². The summed E-state index contributed by atoms with van der Waals surface area (Å²) in [6.45, 7) is 7.03. The number of quaternary nitrogens is 1. The van der Waals surface area contributed by atoms with E-state index in [-0.39, 0.29) is 0 Å². The Morgan fingerprint density at radius 1 is 1.16 bits per heavy atom. The first-order valence-electron chi connectivity index (χ1n) is 7.79. The summed E-state index contributed by atoms with van der Waals surface area (Å²) in [6.07, 6.45) is 9.10. The number of thiocarbonyl (C=S) groups is 1. The zero-order valence-electron chi connectivity index (χ0n) is 12.7. The summed E-state index contributed by atoms with van der Waals surface area (Å²) in [5.41, 5.74) is 0. The van der Waals surface area contributed by atoms with E-state index in [1.165, 1.54) is 62.6 Å². The van der Waals surface area contributed by atoms with Gasteiger partial charge in [-0.05, 0) is 37.9 Å². The maximum Gasteiger partial charge on any atom is 0.219 e. The van der Waals surface area contributed by atoms with Crippen molar-refractivity contribution in [2.24, 2.45) is 0 Å². The third-order valence-electron chi connectivity index (χ3n) is 3.93. The Bertz CT molecular complexity index is 253. The second-order valence-electron chi connectivity index (χ2n) is 5.86. The van der Waals surface area contributed by atoms with Gasteiger partial charge < -0.3 is 9.22 Å². The Kier molecular flexibility index (Phi) is 9.08. The average Bonchev–Trinajstić information content (AvgIpc) is 2.41. The highest BCUT2D eigenvalue weighted by Crippen LogP contribution is 2.18. The van der Waals surface area contributed by atoms with Gasteiger partial charge in [-0.15, -0.1) is 0 Å². The maximum absolute atomic E-state index is 5.55. The fourth-order valence-electron chi connectivity index (χ4n) is 2.65. The molecule has 1 aliphatic rings. The third kappa shape index (κ3) is 8.16. The Morgan fingerprint density at radius 2 is 1.89 bits per heavy atom. The fourth-order valence-corrected chi connectivity index (χ4v) is 3.59. The monoisotopic (exact) mass is 304 g/mol. The van der Waals surface area contributed by atoms with Gasteiger partial charge >= 0.3 is 0 Å². The van der Waals surface area contributed by atoms with Crippen LogP contribution in [0.2, 0.25) is 0 Å². The van der Waals surface area contributed by atoms with Gasteiger partial charge in [0.2, 0.25) is 4.38 Å². The van der Waals surface area contributed by atoms with Gasteiger partial charge in [0.05, 0.1) is 33.3 Å². The van der Waals surface area contributed by atoms with Gasteiger partial charge in [0.15, 0.2) is 0 Å². The molecule has 112 valence electrons. The summed E-state index contributed by atoms with van der Waals surface area (Å²) < 4.78 is 7.57. The number of hydrogen-bond donors (Lipinski definition) is 0. The molecule has 1 heterocycles. The van der Waals surface area contributed by atoms with E-state index in [2.05, 4.69) is 14.0 Å². The summed E-state index contributed by atoms with van der Waals surface area (Å²) in [5, 5.41) is 0. The molecule has 2 nitrogen and oxygen atoms in total. The van der Waals surface area contributed by atoms with Crippen LogP contribution in [0.15, 0.2) is 0 Å². The van der Waals surface area contributed by atoms with Gasteiger partial charge in [0.1, 0.15) is 0 Å². The molecule has 4 heteroatoms. The van der Waals surface area contributed by atoms with Crippen LogP contribution in [-0.4, -0.2) is 47.9 Å². The first kappa shape index (κ1) is 17.3. The first-order chi connectivity index (χ1) is 9.16. The lowest BCUT2D eigenvalue weighted by Gasteiger charge is -2.37. The van der Waals surface area contributed by atoms with Gasteiger partial charge in [-0.2, -0.15) is 0 Å². The van der Waals surface area contributed by atoms with E-state index in [0.717, 1.165) is 23.2 Å². The molecular weight excluding hydrogens is 274 g/mol. The topological polar surface area (TPSA) is 9.23 Å². The van der Waals surface area contributed by atoms with E-state index >= 15 is 0 Å². The number of nitrogens with zero attached hydrogens (tertiary/aromatic N) is 1. The largest absolute Gasteiger partial charge is 0.479 e. The molecule has 0 aliphatic carbocycles. The summed E-state index contributed by atoms with van der Waals surface area (Å²) >= 11 is 6.96. The molecule has 0 bridgehead atoms.